The van der Waals surface area contributed by atoms with Crippen LogP contribution in [0.4, 0.5) is 5.69 Å². The van der Waals surface area contributed by atoms with Crippen LogP contribution in [0.15, 0.2) is 24.3 Å². The number of rotatable bonds is 5. The highest BCUT2D eigenvalue weighted by Gasteiger charge is 2.17. The molecule has 0 spiro atoms. The Morgan fingerprint density at radius 1 is 1.12 bits per heavy atom. The molecule has 2 fully saturated rings. The van der Waals surface area contributed by atoms with E-state index in [9.17, 15) is 4.79 Å². The van der Waals surface area contributed by atoms with Crippen molar-refractivity contribution in [2.75, 3.05) is 38.2 Å². The zero-order valence-electron chi connectivity index (χ0n) is 14.3. The molecule has 1 aromatic rings. The van der Waals surface area contributed by atoms with E-state index in [1.807, 2.05) is 29.2 Å². The molecular formula is C19H28N2O3. The van der Waals surface area contributed by atoms with Crippen LogP contribution in [0.5, 0.6) is 5.75 Å². The first-order valence-electron chi connectivity index (χ1n) is 9.17. The summed E-state index contributed by atoms with van der Waals surface area (Å²) >= 11 is 0. The summed E-state index contributed by atoms with van der Waals surface area (Å²) in [6, 6.07) is 7.82. The van der Waals surface area contributed by atoms with Gasteiger partial charge in [0.1, 0.15) is 11.9 Å². The Hall–Kier alpha value is -1.75. The maximum Gasteiger partial charge on any atom is 0.241 e. The summed E-state index contributed by atoms with van der Waals surface area (Å²) in [6.07, 6.45) is 7.16. The van der Waals surface area contributed by atoms with Gasteiger partial charge < -0.3 is 19.7 Å². The molecule has 2 heterocycles. The molecular weight excluding hydrogens is 304 g/mol. The number of hydrogen-bond donors (Lipinski definition) is 1. The summed E-state index contributed by atoms with van der Waals surface area (Å²) in [7, 11) is 0. The summed E-state index contributed by atoms with van der Waals surface area (Å²) in [5, 5.41) is 3.23. The second-order valence-electron chi connectivity index (χ2n) is 6.63. The molecule has 3 rings (SSSR count). The molecule has 2 aliphatic rings. The van der Waals surface area contributed by atoms with Crippen molar-refractivity contribution in [3.63, 3.8) is 0 Å². The third-order valence-electron chi connectivity index (χ3n) is 4.70. The summed E-state index contributed by atoms with van der Waals surface area (Å²) in [6.45, 7) is 3.61. The van der Waals surface area contributed by atoms with Crippen molar-refractivity contribution in [2.45, 2.75) is 44.6 Å². The Balaban J connectivity index is 1.44. The number of carbonyl (C=O) groups excluding carboxylic acids is 1. The number of hydrogen-bond acceptors (Lipinski definition) is 4. The lowest BCUT2D eigenvalue weighted by Gasteiger charge is -2.25. The molecule has 0 bridgehead atoms. The number of nitrogens with one attached hydrogen (secondary N) is 1. The molecule has 1 amide bonds. The molecule has 5 heteroatoms. The minimum atomic E-state index is 0.164. The van der Waals surface area contributed by atoms with Crippen LogP contribution >= 0.6 is 0 Å². The van der Waals surface area contributed by atoms with Gasteiger partial charge in [-0.2, -0.15) is 0 Å². The second kappa shape index (κ2) is 8.92. The highest BCUT2D eigenvalue weighted by atomic mass is 16.5. The van der Waals surface area contributed by atoms with Gasteiger partial charge in [-0.15, -0.1) is 0 Å². The predicted octanol–water partition coefficient (Wildman–Crippen LogP) is 3.06. The van der Waals surface area contributed by atoms with Crippen molar-refractivity contribution in [1.29, 1.82) is 0 Å². The minimum Gasteiger partial charge on any atom is -0.488 e. The van der Waals surface area contributed by atoms with Gasteiger partial charge in [0.25, 0.3) is 0 Å². The SMILES string of the molecule is O=C(CNc1ccc(O[C@@H]2CCOC2)cc1)N1CCCCCCC1. The third kappa shape index (κ3) is 5.13. The minimum absolute atomic E-state index is 0.164. The van der Waals surface area contributed by atoms with Crippen LogP contribution in [-0.4, -0.2) is 49.8 Å². The van der Waals surface area contributed by atoms with Gasteiger partial charge in [-0.05, 0) is 37.1 Å². The number of ether oxygens (including phenoxy) is 2. The lowest BCUT2D eigenvalue weighted by Crippen LogP contribution is -2.37. The van der Waals surface area contributed by atoms with Crippen LogP contribution in [-0.2, 0) is 9.53 Å². The molecule has 0 saturated carbocycles. The Morgan fingerprint density at radius 3 is 2.50 bits per heavy atom. The van der Waals surface area contributed by atoms with Crippen LogP contribution in [0.3, 0.4) is 0 Å². The van der Waals surface area contributed by atoms with Crippen molar-refractivity contribution in [2.24, 2.45) is 0 Å². The summed E-state index contributed by atoms with van der Waals surface area (Å²) in [4.78, 5) is 14.4. The normalized spacial score (nSPS) is 21.8. The van der Waals surface area contributed by atoms with Crippen LogP contribution in [0, 0.1) is 0 Å². The smallest absolute Gasteiger partial charge is 0.241 e. The molecule has 1 aromatic carbocycles. The number of nitrogens with zero attached hydrogens (tertiary/aromatic N) is 1. The van der Waals surface area contributed by atoms with Gasteiger partial charge in [-0.1, -0.05) is 19.3 Å². The molecule has 2 aliphatic heterocycles. The molecule has 0 aliphatic carbocycles. The Kier molecular flexibility index (Phi) is 6.35. The first-order valence-corrected chi connectivity index (χ1v) is 9.17. The molecule has 0 aromatic heterocycles. The molecule has 24 heavy (non-hydrogen) atoms. The molecule has 1 N–H and O–H groups in total. The number of anilines is 1. The number of amides is 1. The Bertz CT molecular complexity index is 504. The number of benzene rings is 1. The maximum atomic E-state index is 12.4. The van der Waals surface area contributed by atoms with E-state index in [1.165, 1.54) is 19.3 Å². The lowest BCUT2D eigenvalue weighted by molar-refractivity contribution is -0.129. The van der Waals surface area contributed by atoms with Gasteiger partial charge in [0.15, 0.2) is 0 Å². The van der Waals surface area contributed by atoms with Gasteiger partial charge in [0.05, 0.1) is 19.8 Å². The molecule has 0 unspecified atom stereocenters. The van der Waals surface area contributed by atoms with Gasteiger partial charge in [0.2, 0.25) is 5.91 Å². The van der Waals surface area contributed by atoms with Crippen LogP contribution in [0.25, 0.3) is 0 Å². The third-order valence-corrected chi connectivity index (χ3v) is 4.70. The highest BCUT2D eigenvalue weighted by Crippen LogP contribution is 2.19. The quantitative estimate of drug-likeness (QED) is 0.900. The van der Waals surface area contributed by atoms with E-state index in [2.05, 4.69) is 5.32 Å². The van der Waals surface area contributed by atoms with E-state index < -0.39 is 0 Å². The van der Waals surface area contributed by atoms with E-state index in [1.54, 1.807) is 0 Å². The summed E-state index contributed by atoms with van der Waals surface area (Å²) in [5.74, 6) is 1.05. The fourth-order valence-corrected chi connectivity index (χ4v) is 3.24. The van der Waals surface area contributed by atoms with E-state index in [4.69, 9.17) is 9.47 Å². The van der Waals surface area contributed by atoms with Crippen LogP contribution < -0.4 is 10.1 Å². The Morgan fingerprint density at radius 2 is 1.83 bits per heavy atom. The summed E-state index contributed by atoms with van der Waals surface area (Å²) in [5.41, 5.74) is 0.949. The van der Waals surface area contributed by atoms with Crippen LogP contribution in [0.2, 0.25) is 0 Å². The zero-order valence-corrected chi connectivity index (χ0v) is 14.3. The fraction of sp³-hybridized carbons (Fsp3) is 0.632. The second-order valence-corrected chi connectivity index (χ2v) is 6.63. The van der Waals surface area contributed by atoms with Crippen molar-refractivity contribution in [1.82, 2.24) is 4.90 Å². The van der Waals surface area contributed by atoms with E-state index in [0.717, 1.165) is 50.4 Å². The maximum absolute atomic E-state index is 12.4. The van der Waals surface area contributed by atoms with Gasteiger partial charge in [-0.3, -0.25) is 4.79 Å². The number of carbonyl (C=O) groups is 1. The topological polar surface area (TPSA) is 50.8 Å². The standard InChI is InChI=1S/C19H28N2O3/c22-19(21-11-4-2-1-3-5-12-21)14-20-16-6-8-17(9-7-16)24-18-10-13-23-15-18/h6-9,18,20H,1-5,10-15H2/t18-/m1/s1. The molecule has 2 saturated heterocycles. The van der Waals surface area contributed by atoms with Crippen molar-refractivity contribution >= 4 is 11.6 Å². The molecule has 1 atom stereocenters. The first-order chi connectivity index (χ1) is 11.8. The van der Waals surface area contributed by atoms with E-state index in [-0.39, 0.29) is 12.0 Å². The first kappa shape index (κ1) is 17.1. The van der Waals surface area contributed by atoms with Gasteiger partial charge in [0, 0.05) is 25.2 Å². The predicted molar refractivity (Wildman–Crippen MR) is 94.4 cm³/mol. The zero-order chi connectivity index (χ0) is 16.6. The van der Waals surface area contributed by atoms with Crippen molar-refractivity contribution in [3.8, 4) is 5.75 Å². The average molecular weight is 332 g/mol. The largest absolute Gasteiger partial charge is 0.488 e. The summed E-state index contributed by atoms with van der Waals surface area (Å²) < 4.78 is 11.2. The van der Waals surface area contributed by atoms with Gasteiger partial charge in [-0.25, -0.2) is 0 Å². The van der Waals surface area contributed by atoms with E-state index in [0.29, 0.717) is 13.2 Å². The lowest BCUT2D eigenvalue weighted by atomic mass is 10.1. The molecule has 0 radical (unpaired) electrons. The monoisotopic (exact) mass is 332 g/mol. The number of likely N-dealkylation sites (tertiary alicyclic amines) is 1. The van der Waals surface area contributed by atoms with Crippen LogP contribution in [0.1, 0.15) is 38.5 Å². The molecule has 5 nitrogen and oxygen atoms in total. The highest BCUT2D eigenvalue weighted by molar-refractivity contribution is 5.80. The van der Waals surface area contributed by atoms with E-state index >= 15 is 0 Å². The van der Waals surface area contributed by atoms with Crippen molar-refractivity contribution < 1.29 is 14.3 Å². The fourth-order valence-electron chi connectivity index (χ4n) is 3.24. The average Bonchev–Trinajstić information content (AvgIpc) is 3.07. The molecule has 132 valence electrons. The van der Waals surface area contributed by atoms with Crippen molar-refractivity contribution in [3.05, 3.63) is 24.3 Å². The Labute approximate surface area is 144 Å². The van der Waals surface area contributed by atoms with Gasteiger partial charge >= 0.3 is 0 Å².